The van der Waals surface area contributed by atoms with Gasteiger partial charge in [-0.15, -0.1) is 0 Å². The maximum atomic E-state index is 8.96. The van der Waals surface area contributed by atoms with Gasteiger partial charge in [0.05, 0.1) is 6.10 Å². The summed E-state index contributed by atoms with van der Waals surface area (Å²) < 4.78 is 6.94. The molecule has 0 aliphatic rings. The first-order valence-electron chi connectivity index (χ1n) is 9.48. The molecule has 0 saturated carbocycles. The van der Waals surface area contributed by atoms with Crippen molar-refractivity contribution in [2.45, 2.75) is 51.7 Å². The standard InChI is InChI=1S/C23H32O2Si/c1-20(14-8-7-13-19-24)25-26(23(2,3)4,21-15-9-5-10-16-21)22-17-11-6-12-18-22/h5-6,8-12,14-18,20,24H,7,13,19H2,1-4H3/b14-8-/t20-/m0/s1. The van der Waals surface area contributed by atoms with Gasteiger partial charge in [0, 0.05) is 6.61 Å². The lowest BCUT2D eigenvalue weighted by Gasteiger charge is -2.44. The minimum atomic E-state index is -2.48. The van der Waals surface area contributed by atoms with Gasteiger partial charge in [-0.05, 0) is 35.2 Å². The quantitative estimate of drug-likeness (QED) is 0.428. The van der Waals surface area contributed by atoms with Gasteiger partial charge in [-0.1, -0.05) is 93.6 Å². The summed E-state index contributed by atoms with van der Waals surface area (Å²) in [6.07, 6.45) is 5.95. The summed E-state index contributed by atoms with van der Waals surface area (Å²) in [5, 5.41) is 11.6. The monoisotopic (exact) mass is 368 g/mol. The van der Waals surface area contributed by atoms with Crippen LogP contribution in [0, 0.1) is 0 Å². The van der Waals surface area contributed by atoms with Crippen molar-refractivity contribution >= 4 is 18.7 Å². The van der Waals surface area contributed by atoms with Crippen LogP contribution < -0.4 is 10.4 Å². The Kier molecular flexibility index (Phi) is 7.39. The van der Waals surface area contributed by atoms with Crippen LogP contribution in [0.2, 0.25) is 5.04 Å². The Morgan fingerprint density at radius 3 is 1.88 bits per heavy atom. The molecule has 2 aromatic rings. The predicted molar refractivity (Wildman–Crippen MR) is 114 cm³/mol. The molecule has 3 heteroatoms. The summed E-state index contributed by atoms with van der Waals surface area (Å²) >= 11 is 0. The molecule has 0 saturated heterocycles. The SMILES string of the molecule is C[C@@H](/C=C\CCCO)O[Si](c1ccccc1)(c1ccccc1)C(C)(C)C. The Morgan fingerprint density at radius 2 is 1.46 bits per heavy atom. The molecule has 0 unspecified atom stereocenters. The maximum Gasteiger partial charge on any atom is 0.261 e. The van der Waals surface area contributed by atoms with E-state index in [0.29, 0.717) is 0 Å². The van der Waals surface area contributed by atoms with Crippen molar-refractivity contribution in [2.75, 3.05) is 6.61 Å². The second kappa shape index (κ2) is 9.31. The van der Waals surface area contributed by atoms with Crippen molar-refractivity contribution in [3.8, 4) is 0 Å². The van der Waals surface area contributed by atoms with E-state index in [1.54, 1.807) is 0 Å². The largest absolute Gasteiger partial charge is 0.401 e. The molecule has 0 radical (unpaired) electrons. The summed E-state index contributed by atoms with van der Waals surface area (Å²) in [6, 6.07) is 21.4. The fourth-order valence-electron chi connectivity index (χ4n) is 3.51. The number of aliphatic hydroxyl groups excluding tert-OH is 1. The Labute approximate surface area is 159 Å². The van der Waals surface area contributed by atoms with Crippen LogP contribution in [0.5, 0.6) is 0 Å². The molecular formula is C23H32O2Si. The van der Waals surface area contributed by atoms with E-state index in [1.807, 2.05) is 0 Å². The molecule has 0 spiro atoms. The van der Waals surface area contributed by atoms with Crippen LogP contribution in [0.15, 0.2) is 72.8 Å². The minimum absolute atomic E-state index is 0.0110. The molecule has 0 heterocycles. The molecule has 0 aliphatic carbocycles. The molecular weight excluding hydrogens is 336 g/mol. The number of allylic oxidation sites excluding steroid dienone is 1. The second-order valence-electron chi connectivity index (χ2n) is 7.78. The van der Waals surface area contributed by atoms with Crippen molar-refractivity contribution < 1.29 is 9.53 Å². The van der Waals surface area contributed by atoms with Gasteiger partial charge in [0.1, 0.15) is 0 Å². The van der Waals surface area contributed by atoms with Crippen molar-refractivity contribution in [3.05, 3.63) is 72.8 Å². The van der Waals surface area contributed by atoms with E-state index >= 15 is 0 Å². The fraction of sp³-hybridized carbons (Fsp3) is 0.391. The molecule has 1 atom stereocenters. The Hall–Kier alpha value is -1.68. The van der Waals surface area contributed by atoms with Crippen LogP contribution in [0.25, 0.3) is 0 Å². The normalized spacial score (nSPS) is 13.9. The van der Waals surface area contributed by atoms with Crippen molar-refractivity contribution in [3.63, 3.8) is 0 Å². The summed E-state index contributed by atoms with van der Waals surface area (Å²) in [4.78, 5) is 0. The second-order valence-corrected chi connectivity index (χ2v) is 12.0. The zero-order chi connectivity index (χ0) is 19.0. The number of rotatable bonds is 8. The molecule has 0 amide bonds. The number of hydrogen-bond donors (Lipinski definition) is 1. The van der Waals surface area contributed by atoms with Crippen LogP contribution in [-0.4, -0.2) is 26.1 Å². The average molecular weight is 369 g/mol. The Balaban J connectivity index is 2.49. The Morgan fingerprint density at radius 1 is 0.962 bits per heavy atom. The predicted octanol–water partition coefficient (Wildman–Crippen LogP) is 4.28. The van der Waals surface area contributed by atoms with Gasteiger partial charge in [0.2, 0.25) is 0 Å². The van der Waals surface area contributed by atoms with Crippen molar-refractivity contribution in [1.29, 1.82) is 0 Å². The van der Waals surface area contributed by atoms with E-state index in [9.17, 15) is 0 Å². The van der Waals surface area contributed by atoms with Crippen LogP contribution in [0.1, 0.15) is 40.5 Å². The highest BCUT2D eigenvalue weighted by molar-refractivity contribution is 6.99. The first-order chi connectivity index (χ1) is 12.4. The average Bonchev–Trinajstić information content (AvgIpc) is 2.64. The van der Waals surface area contributed by atoms with Crippen LogP contribution in [0.4, 0.5) is 0 Å². The van der Waals surface area contributed by atoms with Gasteiger partial charge in [0.15, 0.2) is 0 Å². The fourth-order valence-corrected chi connectivity index (χ4v) is 8.16. The van der Waals surface area contributed by atoms with Gasteiger partial charge in [-0.2, -0.15) is 0 Å². The first-order valence-corrected chi connectivity index (χ1v) is 11.4. The van der Waals surface area contributed by atoms with Crippen molar-refractivity contribution in [2.24, 2.45) is 0 Å². The Bertz CT molecular complexity index is 635. The first kappa shape index (κ1) is 20.6. The van der Waals surface area contributed by atoms with Gasteiger partial charge in [-0.3, -0.25) is 0 Å². The number of benzene rings is 2. The van der Waals surface area contributed by atoms with Crippen LogP contribution >= 0.6 is 0 Å². The number of aliphatic hydroxyl groups is 1. The van der Waals surface area contributed by atoms with Gasteiger partial charge in [0.25, 0.3) is 8.32 Å². The van der Waals surface area contributed by atoms with E-state index in [4.69, 9.17) is 9.53 Å². The summed E-state index contributed by atoms with van der Waals surface area (Å²) in [5.74, 6) is 0. The highest BCUT2D eigenvalue weighted by atomic mass is 28.4. The number of hydrogen-bond acceptors (Lipinski definition) is 2. The zero-order valence-corrected chi connectivity index (χ0v) is 17.5. The highest BCUT2D eigenvalue weighted by Gasteiger charge is 2.50. The van der Waals surface area contributed by atoms with E-state index in [0.717, 1.165) is 12.8 Å². The van der Waals surface area contributed by atoms with Crippen LogP contribution in [0.3, 0.4) is 0 Å². The summed E-state index contributed by atoms with van der Waals surface area (Å²) in [5.41, 5.74) is 0. The topological polar surface area (TPSA) is 29.5 Å². The number of unbranched alkanes of at least 4 members (excludes halogenated alkanes) is 1. The summed E-state index contributed by atoms with van der Waals surface area (Å²) in [7, 11) is -2.48. The van der Waals surface area contributed by atoms with E-state index in [2.05, 4.69) is 101 Å². The molecule has 0 bridgehead atoms. The molecule has 2 rings (SSSR count). The molecule has 26 heavy (non-hydrogen) atoms. The highest BCUT2D eigenvalue weighted by Crippen LogP contribution is 2.37. The summed E-state index contributed by atoms with van der Waals surface area (Å²) in [6.45, 7) is 9.23. The lowest BCUT2D eigenvalue weighted by molar-refractivity contribution is 0.251. The molecule has 2 nitrogen and oxygen atoms in total. The lowest BCUT2D eigenvalue weighted by Crippen LogP contribution is -2.67. The molecule has 0 aromatic heterocycles. The molecule has 0 aliphatic heterocycles. The smallest absolute Gasteiger partial charge is 0.261 e. The van der Waals surface area contributed by atoms with Crippen LogP contribution in [-0.2, 0) is 4.43 Å². The van der Waals surface area contributed by atoms with Gasteiger partial charge < -0.3 is 9.53 Å². The molecule has 2 aromatic carbocycles. The zero-order valence-electron chi connectivity index (χ0n) is 16.5. The van der Waals surface area contributed by atoms with Gasteiger partial charge in [-0.25, -0.2) is 0 Å². The third kappa shape index (κ3) is 4.73. The van der Waals surface area contributed by atoms with E-state index in [1.165, 1.54) is 10.4 Å². The van der Waals surface area contributed by atoms with E-state index in [-0.39, 0.29) is 17.7 Å². The maximum absolute atomic E-state index is 8.96. The third-order valence-corrected chi connectivity index (χ3v) is 9.85. The molecule has 1 N–H and O–H groups in total. The third-order valence-electron chi connectivity index (χ3n) is 4.72. The van der Waals surface area contributed by atoms with Gasteiger partial charge >= 0.3 is 0 Å². The van der Waals surface area contributed by atoms with Crippen molar-refractivity contribution in [1.82, 2.24) is 0 Å². The molecule has 140 valence electrons. The molecule has 0 fully saturated rings. The lowest BCUT2D eigenvalue weighted by atomic mass is 10.2. The minimum Gasteiger partial charge on any atom is -0.401 e. The van der Waals surface area contributed by atoms with E-state index < -0.39 is 8.32 Å².